The van der Waals surface area contributed by atoms with E-state index in [1.165, 1.54) is 0 Å². The average molecular weight is 591 g/mol. The zero-order chi connectivity index (χ0) is 31.0. The van der Waals surface area contributed by atoms with Gasteiger partial charge in [-0.1, -0.05) is 20.1 Å². The van der Waals surface area contributed by atoms with Crippen LogP contribution in [0.4, 0.5) is 0 Å². The molecule has 0 N–H and O–H groups in total. The van der Waals surface area contributed by atoms with Gasteiger partial charge in [0.2, 0.25) is 13.1 Å². The maximum absolute atomic E-state index is 12.6. The molecule has 0 heterocycles. The molecule has 0 aliphatic heterocycles. The van der Waals surface area contributed by atoms with Crippen molar-refractivity contribution in [3.05, 3.63) is 103 Å². The Morgan fingerprint density at radius 1 is 0.767 bits per heavy atom. The van der Waals surface area contributed by atoms with Crippen molar-refractivity contribution in [2.75, 3.05) is 20.0 Å². The van der Waals surface area contributed by atoms with E-state index < -0.39 is 24.2 Å². The Kier molecular flexibility index (Phi) is 12.7. The average Bonchev–Trinajstić information content (AvgIpc) is 3.02. The van der Waals surface area contributed by atoms with Crippen molar-refractivity contribution in [3.63, 3.8) is 0 Å². The predicted octanol–water partition coefficient (Wildman–Crippen LogP) is 5.97. The molecule has 0 aromatic heterocycles. The van der Waals surface area contributed by atoms with E-state index in [9.17, 15) is 14.4 Å². The third-order valence-corrected chi connectivity index (χ3v) is 5.69. The molecule has 0 radical (unpaired) electrons. The van der Waals surface area contributed by atoms with Crippen LogP contribution < -0.4 is 23.7 Å². The van der Waals surface area contributed by atoms with Gasteiger partial charge in [-0.05, 0) is 79.2 Å². The minimum absolute atomic E-state index is 0.0525. The van der Waals surface area contributed by atoms with Crippen LogP contribution in [-0.2, 0) is 19.1 Å². The molecule has 0 aliphatic carbocycles. The smallest absolute Gasteiger partial charge is 0.343 e. The number of hydrogen-bond donors (Lipinski definition) is 0. The van der Waals surface area contributed by atoms with Gasteiger partial charge in [-0.25, -0.2) is 14.4 Å². The van der Waals surface area contributed by atoms with Crippen LogP contribution in [0.1, 0.15) is 35.7 Å². The van der Waals surface area contributed by atoms with Crippen LogP contribution in [-0.4, -0.2) is 44.2 Å². The first kappa shape index (κ1) is 32.3. The highest BCUT2D eigenvalue weighted by atomic mass is 16.7. The van der Waals surface area contributed by atoms with Gasteiger partial charge >= 0.3 is 17.9 Å². The first-order valence-electron chi connectivity index (χ1n) is 13.5. The van der Waals surface area contributed by atoms with Gasteiger partial charge in [0.25, 0.3) is 0 Å². The number of hydrogen-bond acceptors (Lipinski definition) is 10. The zero-order valence-corrected chi connectivity index (χ0v) is 24.1. The highest BCUT2D eigenvalue weighted by Gasteiger charge is 2.13. The lowest BCUT2D eigenvalue weighted by Crippen LogP contribution is -2.22. The number of rotatable bonds is 17. The molecule has 3 aromatic rings. The molecule has 10 heteroatoms. The van der Waals surface area contributed by atoms with Crippen LogP contribution in [0.5, 0.6) is 28.7 Å². The second-order valence-corrected chi connectivity index (χ2v) is 8.89. The van der Waals surface area contributed by atoms with Gasteiger partial charge in [-0.3, -0.25) is 0 Å². The molecule has 43 heavy (non-hydrogen) atoms. The molecular weight excluding hydrogens is 556 g/mol. The minimum Gasteiger partial charge on any atom is -0.493 e. The topological polar surface area (TPSA) is 116 Å². The van der Waals surface area contributed by atoms with Gasteiger partial charge < -0.3 is 33.2 Å². The van der Waals surface area contributed by atoms with E-state index in [1.807, 2.05) is 13.8 Å². The van der Waals surface area contributed by atoms with Crippen molar-refractivity contribution in [1.29, 1.82) is 0 Å². The largest absolute Gasteiger partial charge is 0.493 e. The molecule has 3 aromatic carbocycles. The van der Waals surface area contributed by atoms with E-state index in [4.69, 9.17) is 33.2 Å². The van der Waals surface area contributed by atoms with Crippen LogP contribution in [0.3, 0.4) is 0 Å². The van der Waals surface area contributed by atoms with Gasteiger partial charge in [0.1, 0.15) is 28.7 Å². The molecular formula is C33H34O10. The summed E-state index contributed by atoms with van der Waals surface area (Å²) in [6.45, 7) is 10.9. The molecule has 10 nitrogen and oxygen atoms in total. The molecule has 0 saturated heterocycles. The van der Waals surface area contributed by atoms with E-state index in [0.717, 1.165) is 17.7 Å². The quantitative estimate of drug-likeness (QED) is 0.0612. The summed E-state index contributed by atoms with van der Waals surface area (Å²) >= 11 is 0. The van der Waals surface area contributed by atoms with E-state index >= 15 is 0 Å². The normalized spacial score (nSPS) is 10.9. The monoisotopic (exact) mass is 590 g/mol. The molecule has 0 amide bonds. The molecule has 0 bridgehead atoms. The predicted molar refractivity (Wildman–Crippen MR) is 157 cm³/mol. The van der Waals surface area contributed by atoms with E-state index in [1.54, 1.807) is 66.7 Å². The first-order chi connectivity index (χ1) is 20.8. The first-order valence-corrected chi connectivity index (χ1v) is 13.5. The zero-order valence-electron chi connectivity index (χ0n) is 24.1. The van der Waals surface area contributed by atoms with Crippen LogP contribution in [0.2, 0.25) is 0 Å². The standard InChI is InChI=1S/C33H34O10/c1-5-30(34)38-20-8-19-37-25-11-9-24(10-12-25)33(36)42-28-17-18-29(23(4)21-28)40-22-39-26-13-15-27(16-14-26)41-32(7-3)43-31(35)6-2/h5-6,9-18,21,32H,1-2,7-8,19-20,22H2,3-4H3. The Labute approximate surface area is 250 Å². The number of esters is 3. The lowest BCUT2D eigenvalue weighted by molar-refractivity contribution is -0.157. The van der Waals surface area contributed by atoms with E-state index in [2.05, 4.69) is 13.2 Å². The summed E-state index contributed by atoms with van der Waals surface area (Å²) in [5, 5.41) is 0. The summed E-state index contributed by atoms with van der Waals surface area (Å²) in [5.41, 5.74) is 1.11. The fourth-order valence-corrected chi connectivity index (χ4v) is 3.48. The van der Waals surface area contributed by atoms with Gasteiger partial charge in [0.15, 0.2) is 0 Å². The SMILES string of the molecule is C=CC(=O)OCCCOc1ccc(C(=O)Oc2ccc(OCOc3ccc(OC(CC)OC(=O)C=C)cc3)c(C)c2)cc1. The molecule has 226 valence electrons. The van der Waals surface area contributed by atoms with Crippen LogP contribution in [0.15, 0.2) is 92.0 Å². The van der Waals surface area contributed by atoms with Crippen LogP contribution in [0.25, 0.3) is 0 Å². The Hall–Kier alpha value is -5.25. The molecule has 3 rings (SSSR count). The minimum atomic E-state index is -0.717. The maximum Gasteiger partial charge on any atom is 0.343 e. The molecule has 0 aliphatic rings. The van der Waals surface area contributed by atoms with Crippen molar-refractivity contribution < 1.29 is 47.5 Å². The Morgan fingerprint density at radius 3 is 2.05 bits per heavy atom. The highest BCUT2D eigenvalue weighted by Crippen LogP contribution is 2.25. The van der Waals surface area contributed by atoms with Crippen molar-refractivity contribution in [2.24, 2.45) is 0 Å². The third-order valence-electron chi connectivity index (χ3n) is 5.69. The fraction of sp³-hybridized carbons (Fsp3) is 0.242. The maximum atomic E-state index is 12.6. The lowest BCUT2D eigenvalue weighted by atomic mass is 10.2. The Bertz CT molecular complexity index is 1380. The van der Waals surface area contributed by atoms with E-state index in [0.29, 0.717) is 53.8 Å². The van der Waals surface area contributed by atoms with Gasteiger partial charge in [-0.2, -0.15) is 0 Å². The number of carbonyl (C=O) groups is 3. The second-order valence-electron chi connectivity index (χ2n) is 8.89. The van der Waals surface area contributed by atoms with Crippen molar-refractivity contribution in [1.82, 2.24) is 0 Å². The molecule has 0 spiro atoms. The summed E-state index contributed by atoms with van der Waals surface area (Å²) in [6, 6.07) is 18.4. The van der Waals surface area contributed by atoms with Crippen LogP contribution >= 0.6 is 0 Å². The molecule has 1 unspecified atom stereocenters. The highest BCUT2D eigenvalue weighted by molar-refractivity contribution is 5.91. The summed E-state index contributed by atoms with van der Waals surface area (Å²) in [4.78, 5) is 35.0. The Morgan fingerprint density at radius 2 is 1.40 bits per heavy atom. The van der Waals surface area contributed by atoms with Gasteiger partial charge in [-0.15, -0.1) is 0 Å². The summed E-state index contributed by atoms with van der Waals surface area (Å²) < 4.78 is 38.1. The Balaban J connectivity index is 1.42. The summed E-state index contributed by atoms with van der Waals surface area (Å²) in [6.07, 6.45) is 2.47. The molecule has 0 saturated carbocycles. The van der Waals surface area contributed by atoms with Gasteiger partial charge in [0.05, 0.1) is 18.8 Å². The summed E-state index contributed by atoms with van der Waals surface area (Å²) in [7, 11) is 0. The van der Waals surface area contributed by atoms with Crippen molar-refractivity contribution in [3.8, 4) is 28.7 Å². The third kappa shape index (κ3) is 10.9. The number of carbonyl (C=O) groups excluding carboxylic acids is 3. The van der Waals surface area contributed by atoms with E-state index in [-0.39, 0.29) is 13.4 Å². The second kappa shape index (κ2) is 16.9. The fourth-order valence-electron chi connectivity index (χ4n) is 3.48. The lowest BCUT2D eigenvalue weighted by Gasteiger charge is -2.17. The molecule has 1 atom stereocenters. The van der Waals surface area contributed by atoms with Crippen molar-refractivity contribution >= 4 is 17.9 Å². The number of benzene rings is 3. The van der Waals surface area contributed by atoms with Gasteiger partial charge in [0, 0.05) is 25.0 Å². The van der Waals surface area contributed by atoms with Crippen molar-refractivity contribution in [2.45, 2.75) is 33.0 Å². The van der Waals surface area contributed by atoms with Crippen LogP contribution in [0, 0.1) is 6.92 Å². The number of ether oxygens (including phenoxy) is 7. The number of aryl methyl sites for hydroxylation is 1. The molecule has 0 fully saturated rings. The summed E-state index contributed by atoms with van der Waals surface area (Å²) in [5.74, 6) is 1.03.